The first-order valence-electron chi connectivity index (χ1n) is 6.12. The fourth-order valence-electron chi connectivity index (χ4n) is 2.17. The lowest BCUT2D eigenvalue weighted by Crippen LogP contribution is -2.34. The molecule has 2 rings (SSSR count). The minimum atomic E-state index is -3.51. The maximum absolute atomic E-state index is 11.9. The molecule has 0 fully saturated rings. The Labute approximate surface area is 112 Å². The van der Waals surface area contributed by atoms with Crippen molar-refractivity contribution in [1.82, 2.24) is 4.72 Å². The van der Waals surface area contributed by atoms with Gasteiger partial charge in [-0.2, -0.15) is 0 Å². The molecule has 0 saturated carbocycles. The maximum Gasteiger partial charge on any atom is 0.240 e. The van der Waals surface area contributed by atoms with Gasteiger partial charge < -0.3 is 10.6 Å². The smallest absolute Gasteiger partial charge is 0.240 e. The van der Waals surface area contributed by atoms with Crippen LogP contribution in [0, 0.1) is 0 Å². The number of hydrogen-bond donors (Lipinski definition) is 2. The van der Waals surface area contributed by atoms with Crippen molar-refractivity contribution >= 4 is 21.6 Å². The molecule has 1 aliphatic rings. The molecular formula is C12H17N3O3S. The van der Waals surface area contributed by atoms with Crippen molar-refractivity contribution in [3.63, 3.8) is 0 Å². The molecule has 1 aromatic rings. The Morgan fingerprint density at radius 2 is 2.21 bits per heavy atom. The second kappa shape index (κ2) is 5.28. The van der Waals surface area contributed by atoms with Crippen LogP contribution in [0.1, 0.15) is 12.5 Å². The van der Waals surface area contributed by atoms with Gasteiger partial charge in [-0.15, -0.1) is 0 Å². The molecule has 0 spiro atoms. The number of sulfonamides is 1. The third kappa shape index (κ3) is 2.63. The van der Waals surface area contributed by atoms with Crippen molar-refractivity contribution in [1.29, 1.82) is 0 Å². The molecule has 1 aromatic carbocycles. The van der Waals surface area contributed by atoms with Crippen LogP contribution in [-0.4, -0.2) is 34.0 Å². The van der Waals surface area contributed by atoms with Gasteiger partial charge in [-0.05, 0) is 24.1 Å². The predicted octanol–water partition coefficient (Wildman–Crippen LogP) is -0.167. The number of carbonyl (C=O) groups is 1. The molecule has 104 valence electrons. The second-order valence-corrected chi connectivity index (χ2v) is 6.06. The summed E-state index contributed by atoms with van der Waals surface area (Å²) in [5.74, 6) is -0.197. The van der Waals surface area contributed by atoms with Gasteiger partial charge in [0.2, 0.25) is 15.9 Å². The molecule has 7 heteroatoms. The second-order valence-electron chi connectivity index (χ2n) is 4.29. The number of rotatable bonds is 4. The molecule has 1 amide bonds. The number of benzene rings is 1. The minimum absolute atomic E-state index is 0.0797. The van der Waals surface area contributed by atoms with E-state index in [1.54, 1.807) is 24.0 Å². The molecule has 3 N–H and O–H groups in total. The van der Waals surface area contributed by atoms with Crippen LogP contribution in [-0.2, 0) is 21.2 Å². The Balaban J connectivity index is 2.41. The Hall–Kier alpha value is -1.44. The summed E-state index contributed by atoms with van der Waals surface area (Å²) in [5.41, 5.74) is 6.98. The Morgan fingerprint density at radius 1 is 1.47 bits per heavy atom. The van der Waals surface area contributed by atoms with Gasteiger partial charge in [-0.3, -0.25) is 4.79 Å². The van der Waals surface area contributed by atoms with Crippen LogP contribution in [0.5, 0.6) is 0 Å². The summed E-state index contributed by atoms with van der Waals surface area (Å²) >= 11 is 0. The summed E-state index contributed by atoms with van der Waals surface area (Å²) in [5, 5.41) is 0. The van der Waals surface area contributed by atoms with Gasteiger partial charge in [-0.25, -0.2) is 13.1 Å². The van der Waals surface area contributed by atoms with Crippen LogP contribution >= 0.6 is 0 Å². The molecule has 6 nitrogen and oxygen atoms in total. The molecular weight excluding hydrogens is 266 g/mol. The van der Waals surface area contributed by atoms with Crippen molar-refractivity contribution in [3.8, 4) is 0 Å². The quantitative estimate of drug-likeness (QED) is 0.802. The molecule has 0 atom stereocenters. The number of nitrogens with one attached hydrogen (secondary N) is 1. The lowest BCUT2D eigenvalue weighted by Gasteiger charge is -2.17. The van der Waals surface area contributed by atoms with Crippen molar-refractivity contribution < 1.29 is 13.2 Å². The van der Waals surface area contributed by atoms with Crippen molar-refractivity contribution in [3.05, 3.63) is 23.8 Å². The normalized spacial score (nSPS) is 14.5. The standard InChI is InChI=1S/C12H17N3O3S/c1-2-14-19(17,18)10-4-3-9-5-6-15(11(9)7-10)12(16)8-13/h3-4,7,14H,2,5-6,8,13H2,1H3. The number of carbonyl (C=O) groups excluding carboxylic acids is 1. The van der Waals surface area contributed by atoms with E-state index < -0.39 is 10.0 Å². The Kier molecular flexibility index (Phi) is 3.88. The zero-order valence-electron chi connectivity index (χ0n) is 10.7. The van der Waals surface area contributed by atoms with E-state index in [0.29, 0.717) is 18.8 Å². The fraction of sp³-hybridized carbons (Fsp3) is 0.417. The summed E-state index contributed by atoms with van der Waals surface area (Å²) in [6.45, 7) is 2.51. The lowest BCUT2D eigenvalue weighted by atomic mass is 10.2. The molecule has 19 heavy (non-hydrogen) atoms. The molecule has 1 heterocycles. The van der Waals surface area contributed by atoms with Crippen molar-refractivity contribution in [2.24, 2.45) is 5.73 Å². The summed E-state index contributed by atoms with van der Waals surface area (Å²) < 4.78 is 26.3. The number of hydrogen-bond acceptors (Lipinski definition) is 4. The fourth-order valence-corrected chi connectivity index (χ4v) is 3.23. The van der Waals surface area contributed by atoms with Crippen LogP contribution in [0.25, 0.3) is 0 Å². The average molecular weight is 283 g/mol. The third-order valence-corrected chi connectivity index (χ3v) is 4.62. The first-order valence-corrected chi connectivity index (χ1v) is 7.61. The van der Waals surface area contributed by atoms with E-state index in [4.69, 9.17) is 5.73 Å². The van der Waals surface area contributed by atoms with E-state index in [1.165, 1.54) is 6.07 Å². The first-order chi connectivity index (χ1) is 8.99. The summed E-state index contributed by atoms with van der Waals surface area (Å²) in [4.78, 5) is 13.4. The molecule has 1 aliphatic heterocycles. The molecule has 0 aliphatic carbocycles. The van der Waals surface area contributed by atoms with Crippen LogP contribution in [0.2, 0.25) is 0 Å². The van der Waals surface area contributed by atoms with E-state index in [1.807, 2.05) is 0 Å². The summed E-state index contributed by atoms with van der Waals surface area (Å²) in [7, 11) is -3.51. The number of nitrogens with zero attached hydrogens (tertiary/aromatic N) is 1. The average Bonchev–Trinajstić information content (AvgIpc) is 2.80. The molecule has 0 bridgehead atoms. The van der Waals surface area contributed by atoms with Gasteiger partial charge in [-0.1, -0.05) is 13.0 Å². The maximum atomic E-state index is 11.9. The van der Waals surface area contributed by atoms with Gasteiger partial charge in [0.1, 0.15) is 0 Å². The van der Waals surface area contributed by atoms with E-state index in [0.717, 1.165) is 12.0 Å². The number of nitrogens with two attached hydrogens (primary N) is 1. The van der Waals surface area contributed by atoms with Gasteiger partial charge >= 0.3 is 0 Å². The highest BCUT2D eigenvalue weighted by atomic mass is 32.2. The van der Waals surface area contributed by atoms with Crippen LogP contribution in [0.15, 0.2) is 23.1 Å². The van der Waals surface area contributed by atoms with Crippen molar-refractivity contribution in [2.75, 3.05) is 24.5 Å². The number of fused-ring (bicyclic) bond motifs is 1. The van der Waals surface area contributed by atoms with Crippen molar-refractivity contribution in [2.45, 2.75) is 18.2 Å². The van der Waals surface area contributed by atoms with E-state index in [-0.39, 0.29) is 17.3 Å². The molecule has 0 aromatic heterocycles. The minimum Gasteiger partial charge on any atom is -0.322 e. The zero-order chi connectivity index (χ0) is 14.0. The molecule has 0 saturated heterocycles. The highest BCUT2D eigenvalue weighted by Crippen LogP contribution is 2.30. The van der Waals surface area contributed by atoms with Crippen LogP contribution < -0.4 is 15.4 Å². The monoisotopic (exact) mass is 283 g/mol. The zero-order valence-corrected chi connectivity index (χ0v) is 11.5. The highest BCUT2D eigenvalue weighted by Gasteiger charge is 2.25. The highest BCUT2D eigenvalue weighted by molar-refractivity contribution is 7.89. The Morgan fingerprint density at radius 3 is 2.84 bits per heavy atom. The van der Waals surface area contributed by atoms with E-state index >= 15 is 0 Å². The number of anilines is 1. The van der Waals surface area contributed by atoms with Gasteiger partial charge in [0, 0.05) is 18.8 Å². The van der Waals surface area contributed by atoms with Crippen LogP contribution in [0.4, 0.5) is 5.69 Å². The van der Waals surface area contributed by atoms with Gasteiger partial charge in [0.05, 0.1) is 11.4 Å². The van der Waals surface area contributed by atoms with Crippen LogP contribution in [0.3, 0.4) is 0 Å². The Bertz CT molecular complexity index is 598. The molecule has 0 unspecified atom stereocenters. The third-order valence-electron chi connectivity index (χ3n) is 3.07. The lowest BCUT2D eigenvalue weighted by molar-refractivity contribution is -0.117. The van der Waals surface area contributed by atoms with E-state index in [2.05, 4.69) is 4.72 Å². The van der Waals surface area contributed by atoms with Gasteiger partial charge in [0.15, 0.2) is 0 Å². The number of amides is 1. The van der Waals surface area contributed by atoms with Gasteiger partial charge in [0.25, 0.3) is 0 Å². The predicted molar refractivity (Wildman–Crippen MR) is 72.4 cm³/mol. The van der Waals surface area contributed by atoms with E-state index in [9.17, 15) is 13.2 Å². The SMILES string of the molecule is CCNS(=O)(=O)c1ccc2c(c1)N(C(=O)CN)CC2. The summed E-state index contributed by atoms with van der Waals surface area (Å²) in [6, 6.07) is 4.85. The first kappa shape index (κ1) is 14.0. The topological polar surface area (TPSA) is 92.5 Å². The summed E-state index contributed by atoms with van der Waals surface area (Å²) in [6.07, 6.45) is 0.725. The molecule has 0 radical (unpaired) electrons. The largest absolute Gasteiger partial charge is 0.322 e.